The standard InChI is InChI=1S/C9H9FO2S/c10-7-3-1-2-6(4-7)8(5-13)9(11)12/h1-4,8,13H,5H2,(H,11,12). The molecule has 2 nitrogen and oxygen atoms in total. The Labute approximate surface area is 80.8 Å². The van der Waals surface area contributed by atoms with Gasteiger partial charge in [0.1, 0.15) is 5.82 Å². The summed E-state index contributed by atoms with van der Waals surface area (Å²) in [6, 6.07) is 5.57. The summed E-state index contributed by atoms with van der Waals surface area (Å²) < 4.78 is 12.7. The SMILES string of the molecule is O=C(O)C(CS)c1cccc(F)c1. The Morgan fingerprint density at radius 1 is 1.62 bits per heavy atom. The molecule has 1 aromatic carbocycles. The molecule has 4 heteroatoms. The number of carboxylic acids is 1. The van der Waals surface area contributed by atoms with E-state index in [1.807, 2.05) is 0 Å². The summed E-state index contributed by atoms with van der Waals surface area (Å²) >= 11 is 3.90. The number of rotatable bonds is 3. The Hall–Kier alpha value is -1.03. The average molecular weight is 200 g/mol. The fraction of sp³-hybridized carbons (Fsp3) is 0.222. The van der Waals surface area contributed by atoms with Crippen molar-refractivity contribution in [2.75, 3.05) is 5.75 Å². The van der Waals surface area contributed by atoms with Crippen LogP contribution in [-0.4, -0.2) is 16.8 Å². The Balaban J connectivity index is 2.98. The van der Waals surface area contributed by atoms with Crippen LogP contribution in [0, 0.1) is 5.82 Å². The van der Waals surface area contributed by atoms with E-state index >= 15 is 0 Å². The molecular weight excluding hydrogens is 191 g/mol. The number of halogens is 1. The number of aliphatic carboxylic acids is 1. The van der Waals surface area contributed by atoms with Crippen LogP contribution in [0.4, 0.5) is 4.39 Å². The van der Waals surface area contributed by atoms with Gasteiger partial charge >= 0.3 is 5.97 Å². The molecule has 0 saturated heterocycles. The lowest BCUT2D eigenvalue weighted by Gasteiger charge is -2.08. The topological polar surface area (TPSA) is 37.3 Å². The first-order chi connectivity index (χ1) is 6.15. The quantitative estimate of drug-likeness (QED) is 0.731. The third kappa shape index (κ3) is 2.45. The van der Waals surface area contributed by atoms with E-state index in [0.29, 0.717) is 5.56 Å². The molecule has 1 N–H and O–H groups in total. The zero-order valence-corrected chi connectivity index (χ0v) is 7.67. The van der Waals surface area contributed by atoms with Gasteiger partial charge in [0.05, 0.1) is 5.92 Å². The van der Waals surface area contributed by atoms with Gasteiger partial charge in [-0.2, -0.15) is 12.6 Å². The van der Waals surface area contributed by atoms with Crippen LogP contribution in [0.2, 0.25) is 0 Å². The Morgan fingerprint density at radius 3 is 2.77 bits per heavy atom. The molecule has 1 atom stereocenters. The molecule has 0 aromatic heterocycles. The lowest BCUT2D eigenvalue weighted by atomic mass is 10.0. The van der Waals surface area contributed by atoms with Crippen molar-refractivity contribution >= 4 is 18.6 Å². The van der Waals surface area contributed by atoms with Crippen LogP contribution >= 0.6 is 12.6 Å². The predicted octanol–water partition coefficient (Wildman–Crippen LogP) is 1.92. The van der Waals surface area contributed by atoms with Crippen molar-refractivity contribution in [2.45, 2.75) is 5.92 Å². The third-order valence-electron chi connectivity index (χ3n) is 1.73. The van der Waals surface area contributed by atoms with Gasteiger partial charge in [-0.05, 0) is 17.7 Å². The number of carbonyl (C=O) groups is 1. The molecule has 0 amide bonds. The van der Waals surface area contributed by atoms with E-state index in [1.165, 1.54) is 18.2 Å². The zero-order chi connectivity index (χ0) is 9.84. The maximum Gasteiger partial charge on any atom is 0.311 e. The molecule has 0 aliphatic carbocycles. The molecule has 0 saturated carbocycles. The Bertz CT molecular complexity index is 314. The van der Waals surface area contributed by atoms with Crippen molar-refractivity contribution < 1.29 is 14.3 Å². The first-order valence-electron chi connectivity index (χ1n) is 3.74. The molecule has 0 radical (unpaired) electrons. The Kier molecular flexibility index (Phi) is 3.31. The fourth-order valence-corrected chi connectivity index (χ4v) is 1.42. The van der Waals surface area contributed by atoms with Gasteiger partial charge in [0.25, 0.3) is 0 Å². The van der Waals surface area contributed by atoms with E-state index in [1.54, 1.807) is 6.07 Å². The van der Waals surface area contributed by atoms with Gasteiger partial charge in [-0.25, -0.2) is 4.39 Å². The maximum atomic E-state index is 12.7. The molecule has 70 valence electrons. The second kappa shape index (κ2) is 4.28. The van der Waals surface area contributed by atoms with Crippen LogP contribution in [0.5, 0.6) is 0 Å². The highest BCUT2D eigenvalue weighted by molar-refractivity contribution is 7.80. The van der Waals surface area contributed by atoms with Crippen LogP contribution in [0.25, 0.3) is 0 Å². The molecule has 0 fully saturated rings. The van der Waals surface area contributed by atoms with Crippen molar-refractivity contribution in [3.8, 4) is 0 Å². The minimum Gasteiger partial charge on any atom is -0.481 e. The summed E-state index contributed by atoms with van der Waals surface area (Å²) in [4.78, 5) is 10.7. The summed E-state index contributed by atoms with van der Waals surface area (Å²) in [6.07, 6.45) is 0. The summed E-state index contributed by atoms with van der Waals surface area (Å²) in [7, 11) is 0. The van der Waals surface area contributed by atoms with Crippen LogP contribution in [0.1, 0.15) is 11.5 Å². The molecule has 1 aromatic rings. The molecule has 0 heterocycles. The average Bonchev–Trinajstić information content (AvgIpc) is 2.04. The van der Waals surface area contributed by atoms with E-state index in [0.717, 1.165) is 0 Å². The van der Waals surface area contributed by atoms with Crippen molar-refractivity contribution in [1.82, 2.24) is 0 Å². The van der Waals surface area contributed by atoms with E-state index in [-0.39, 0.29) is 5.75 Å². The highest BCUT2D eigenvalue weighted by Gasteiger charge is 2.17. The molecule has 0 aliphatic rings. The fourth-order valence-electron chi connectivity index (χ4n) is 1.05. The molecule has 0 spiro atoms. The molecule has 1 rings (SSSR count). The predicted molar refractivity (Wildman–Crippen MR) is 50.6 cm³/mol. The molecular formula is C9H9FO2S. The van der Waals surface area contributed by atoms with Crippen molar-refractivity contribution in [3.63, 3.8) is 0 Å². The highest BCUT2D eigenvalue weighted by atomic mass is 32.1. The number of hydrogen-bond acceptors (Lipinski definition) is 2. The first kappa shape index (κ1) is 10.1. The molecule has 0 aliphatic heterocycles. The third-order valence-corrected chi connectivity index (χ3v) is 2.10. The van der Waals surface area contributed by atoms with Crippen LogP contribution in [-0.2, 0) is 4.79 Å². The van der Waals surface area contributed by atoms with Gasteiger partial charge in [0, 0.05) is 5.75 Å². The zero-order valence-electron chi connectivity index (χ0n) is 6.77. The Morgan fingerprint density at radius 2 is 2.31 bits per heavy atom. The monoisotopic (exact) mass is 200 g/mol. The van der Waals surface area contributed by atoms with Gasteiger partial charge in [-0.15, -0.1) is 0 Å². The summed E-state index contributed by atoms with van der Waals surface area (Å²) in [5, 5.41) is 8.75. The first-order valence-corrected chi connectivity index (χ1v) is 4.37. The van der Waals surface area contributed by atoms with Gasteiger partial charge in [-0.1, -0.05) is 12.1 Å². The van der Waals surface area contributed by atoms with Crippen molar-refractivity contribution in [3.05, 3.63) is 35.6 Å². The van der Waals surface area contributed by atoms with Gasteiger partial charge < -0.3 is 5.11 Å². The lowest BCUT2D eigenvalue weighted by Crippen LogP contribution is -2.13. The number of carboxylic acid groups (broad SMARTS) is 1. The van der Waals surface area contributed by atoms with Crippen LogP contribution < -0.4 is 0 Å². The van der Waals surface area contributed by atoms with Gasteiger partial charge in [0.15, 0.2) is 0 Å². The van der Waals surface area contributed by atoms with E-state index in [2.05, 4.69) is 12.6 Å². The number of benzene rings is 1. The summed E-state index contributed by atoms with van der Waals surface area (Å²) in [5.41, 5.74) is 0.447. The summed E-state index contributed by atoms with van der Waals surface area (Å²) in [6.45, 7) is 0. The molecule has 0 bridgehead atoms. The van der Waals surface area contributed by atoms with Gasteiger partial charge in [-0.3, -0.25) is 4.79 Å². The van der Waals surface area contributed by atoms with E-state index in [4.69, 9.17) is 5.11 Å². The van der Waals surface area contributed by atoms with E-state index < -0.39 is 17.7 Å². The number of hydrogen-bond donors (Lipinski definition) is 2. The van der Waals surface area contributed by atoms with Crippen LogP contribution in [0.15, 0.2) is 24.3 Å². The van der Waals surface area contributed by atoms with Crippen molar-refractivity contribution in [1.29, 1.82) is 0 Å². The maximum absolute atomic E-state index is 12.7. The smallest absolute Gasteiger partial charge is 0.311 e. The van der Waals surface area contributed by atoms with Gasteiger partial charge in [0.2, 0.25) is 0 Å². The van der Waals surface area contributed by atoms with Crippen molar-refractivity contribution in [2.24, 2.45) is 0 Å². The van der Waals surface area contributed by atoms with Crippen LogP contribution in [0.3, 0.4) is 0 Å². The summed E-state index contributed by atoms with van der Waals surface area (Å²) in [5.74, 6) is -1.98. The largest absolute Gasteiger partial charge is 0.481 e. The van der Waals surface area contributed by atoms with E-state index in [9.17, 15) is 9.18 Å². The normalized spacial score (nSPS) is 12.5. The highest BCUT2D eigenvalue weighted by Crippen LogP contribution is 2.18. The molecule has 1 unspecified atom stereocenters. The minimum absolute atomic E-state index is 0.165. The minimum atomic E-state index is -0.986. The second-order valence-electron chi connectivity index (χ2n) is 2.63. The lowest BCUT2D eigenvalue weighted by molar-refractivity contribution is -0.138. The second-order valence-corrected chi connectivity index (χ2v) is 2.99. The molecule has 13 heavy (non-hydrogen) atoms. The number of thiol groups is 1.